The highest BCUT2D eigenvalue weighted by Gasteiger charge is 2.33. The van der Waals surface area contributed by atoms with Gasteiger partial charge in [-0.25, -0.2) is 4.98 Å². The predicted molar refractivity (Wildman–Crippen MR) is 211 cm³/mol. The normalized spacial score (nSPS) is 11.8. The highest BCUT2D eigenvalue weighted by atomic mass is 32.3. The fourth-order valence-corrected chi connectivity index (χ4v) is 11.1. The molecule has 9 aromatic rings. The Morgan fingerprint density at radius 3 is 1.41 bits per heavy atom. The van der Waals surface area contributed by atoms with E-state index in [4.69, 9.17) is 9.97 Å². The maximum Gasteiger partial charge on any atom is 0.0979 e. The summed E-state index contributed by atoms with van der Waals surface area (Å²) in [6.07, 6.45) is 3.73. The molecule has 6 aromatic carbocycles. The lowest BCUT2D eigenvalue weighted by Gasteiger charge is -2.42. The molecule has 0 atom stereocenters. The van der Waals surface area contributed by atoms with E-state index in [0.29, 0.717) is 0 Å². The number of hydrogen-bond donors (Lipinski definition) is 0. The van der Waals surface area contributed by atoms with Gasteiger partial charge in [-0.3, -0.25) is 9.97 Å². The van der Waals surface area contributed by atoms with Crippen LogP contribution in [0.3, 0.4) is 0 Å². The molecule has 0 amide bonds. The summed E-state index contributed by atoms with van der Waals surface area (Å²) in [5.41, 5.74) is 7.91. The third-order valence-electron chi connectivity index (χ3n) is 9.51. The molecule has 3 aromatic heterocycles. The van der Waals surface area contributed by atoms with Gasteiger partial charge in [0, 0.05) is 42.7 Å². The zero-order chi connectivity index (χ0) is 34.0. The van der Waals surface area contributed by atoms with E-state index in [2.05, 4.69) is 169 Å². The molecule has 0 radical (unpaired) electrons. The van der Waals surface area contributed by atoms with Crippen molar-refractivity contribution < 1.29 is 0 Å². The Morgan fingerprint density at radius 1 is 0.333 bits per heavy atom. The van der Waals surface area contributed by atoms with Gasteiger partial charge in [0.2, 0.25) is 0 Å². The van der Waals surface area contributed by atoms with Crippen LogP contribution in [0, 0.1) is 0 Å². The molecule has 0 unspecified atom stereocenters. The molecule has 0 N–H and O–H groups in total. The van der Waals surface area contributed by atoms with Crippen molar-refractivity contribution in [3.8, 4) is 33.6 Å². The SMILES string of the molecule is c1ccc(-c2cc(-c3ccccn3)nc3c2ccc2c(-c4ccc(S(c5ccccc5)(c5ccccc5)c5ccccc5)cc4)ccnc23)cc1. The maximum atomic E-state index is 5.22. The van der Waals surface area contributed by atoms with E-state index in [0.717, 1.165) is 55.4 Å². The summed E-state index contributed by atoms with van der Waals surface area (Å²) in [4.78, 5) is 20.0. The summed E-state index contributed by atoms with van der Waals surface area (Å²) < 4.78 is 0. The van der Waals surface area contributed by atoms with E-state index >= 15 is 0 Å². The molecule has 0 fully saturated rings. The van der Waals surface area contributed by atoms with Crippen molar-refractivity contribution in [3.63, 3.8) is 0 Å². The van der Waals surface area contributed by atoms with Crippen LogP contribution in [0.4, 0.5) is 0 Å². The molecular weight excluding hydrogens is 639 g/mol. The minimum absolute atomic E-state index is 0.827. The van der Waals surface area contributed by atoms with Crippen LogP contribution in [0.2, 0.25) is 0 Å². The van der Waals surface area contributed by atoms with Crippen LogP contribution < -0.4 is 0 Å². The van der Waals surface area contributed by atoms with Gasteiger partial charge in [-0.1, -0.05) is 115 Å². The molecule has 9 rings (SSSR count). The van der Waals surface area contributed by atoms with Gasteiger partial charge < -0.3 is 0 Å². The Labute approximate surface area is 299 Å². The summed E-state index contributed by atoms with van der Waals surface area (Å²) in [5, 5.41) is 2.13. The average molecular weight is 672 g/mol. The molecule has 242 valence electrons. The van der Waals surface area contributed by atoms with E-state index in [9.17, 15) is 0 Å². The largest absolute Gasteiger partial charge is 0.255 e. The summed E-state index contributed by atoms with van der Waals surface area (Å²) in [6, 6.07) is 67.2. The molecule has 0 bridgehead atoms. The second-order valence-electron chi connectivity index (χ2n) is 12.4. The molecule has 0 aliphatic carbocycles. The summed E-state index contributed by atoms with van der Waals surface area (Å²) in [7, 11) is -1.77. The van der Waals surface area contributed by atoms with Crippen molar-refractivity contribution in [2.75, 3.05) is 0 Å². The van der Waals surface area contributed by atoms with E-state index in [1.54, 1.807) is 0 Å². The molecule has 3 heterocycles. The van der Waals surface area contributed by atoms with Crippen molar-refractivity contribution in [3.05, 3.63) is 200 Å². The number of nitrogens with zero attached hydrogens (tertiary/aromatic N) is 3. The third kappa shape index (κ3) is 5.38. The van der Waals surface area contributed by atoms with Gasteiger partial charge in [0.05, 0.1) is 22.4 Å². The molecule has 0 saturated carbocycles. The standard InChI is InChI=1S/C47H33N3S/c1-5-15-34(16-6-1)43-33-45(44-23-13-14-31-48-44)50-47-42(43)29-28-41-40(30-32-49-46(41)47)35-24-26-39(27-25-35)51(36-17-7-2-8-18-36,37-19-9-3-10-20-37)38-21-11-4-12-22-38/h1-33H. The Morgan fingerprint density at radius 2 is 0.843 bits per heavy atom. The maximum absolute atomic E-state index is 5.22. The van der Waals surface area contributed by atoms with Gasteiger partial charge >= 0.3 is 0 Å². The van der Waals surface area contributed by atoms with E-state index in [1.807, 2.05) is 36.7 Å². The minimum atomic E-state index is -1.77. The molecule has 3 nitrogen and oxygen atoms in total. The smallest absolute Gasteiger partial charge is 0.0979 e. The van der Waals surface area contributed by atoms with Crippen LogP contribution in [-0.2, 0) is 0 Å². The Bertz CT molecular complexity index is 2500. The summed E-state index contributed by atoms with van der Waals surface area (Å²) in [5.74, 6) is 0. The van der Waals surface area contributed by atoms with Crippen molar-refractivity contribution in [2.45, 2.75) is 19.6 Å². The number of fused-ring (bicyclic) bond motifs is 3. The second kappa shape index (κ2) is 13.2. The summed E-state index contributed by atoms with van der Waals surface area (Å²) in [6.45, 7) is 0. The Hall–Kier alpha value is -6.36. The number of rotatable bonds is 7. The Kier molecular flexibility index (Phi) is 7.92. The van der Waals surface area contributed by atoms with E-state index in [1.165, 1.54) is 19.6 Å². The van der Waals surface area contributed by atoms with Crippen molar-refractivity contribution >= 4 is 31.8 Å². The van der Waals surface area contributed by atoms with E-state index < -0.39 is 10.0 Å². The van der Waals surface area contributed by atoms with Crippen LogP contribution in [-0.4, -0.2) is 15.0 Å². The van der Waals surface area contributed by atoms with Gasteiger partial charge in [-0.05, 0) is 95.1 Å². The van der Waals surface area contributed by atoms with Gasteiger partial charge in [0.1, 0.15) is 0 Å². The quantitative estimate of drug-likeness (QED) is 0.158. The van der Waals surface area contributed by atoms with Crippen molar-refractivity contribution in [1.29, 1.82) is 0 Å². The van der Waals surface area contributed by atoms with Crippen molar-refractivity contribution in [1.82, 2.24) is 15.0 Å². The molecule has 0 spiro atoms. The average Bonchev–Trinajstić information content (AvgIpc) is 3.22. The molecular formula is C47H33N3S. The highest BCUT2D eigenvalue weighted by Crippen LogP contribution is 2.73. The molecule has 0 saturated heterocycles. The first-order valence-electron chi connectivity index (χ1n) is 17.1. The van der Waals surface area contributed by atoms with Crippen molar-refractivity contribution in [2.24, 2.45) is 0 Å². The van der Waals surface area contributed by atoms with E-state index in [-0.39, 0.29) is 0 Å². The van der Waals surface area contributed by atoms with Crippen LogP contribution in [0.5, 0.6) is 0 Å². The first kappa shape index (κ1) is 30.7. The lowest BCUT2D eigenvalue weighted by molar-refractivity contribution is 1.24. The number of pyridine rings is 3. The monoisotopic (exact) mass is 671 g/mol. The first-order chi connectivity index (χ1) is 25.3. The Balaban J connectivity index is 1.24. The van der Waals surface area contributed by atoms with Gasteiger partial charge in [0.15, 0.2) is 0 Å². The minimum Gasteiger partial charge on any atom is -0.255 e. The summed E-state index contributed by atoms with van der Waals surface area (Å²) >= 11 is 0. The number of hydrogen-bond acceptors (Lipinski definition) is 3. The number of benzene rings is 6. The number of aromatic nitrogens is 3. The topological polar surface area (TPSA) is 38.7 Å². The molecule has 4 heteroatoms. The van der Waals surface area contributed by atoms with Gasteiger partial charge in [-0.15, -0.1) is 10.0 Å². The fourth-order valence-electron chi connectivity index (χ4n) is 7.18. The molecule has 51 heavy (non-hydrogen) atoms. The van der Waals surface area contributed by atoms with Gasteiger partial charge in [-0.2, -0.15) is 0 Å². The van der Waals surface area contributed by atoms with Gasteiger partial charge in [0.25, 0.3) is 0 Å². The zero-order valence-corrected chi connectivity index (χ0v) is 28.6. The third-order valence-corrected chi connectivity index (χ3v) is 13.4. The predicted octanol–water partition coefficient (Wildman–Crippen LogP) is 12.5. The molecule has 0 aliphatic heterocycles. The highest BCUT2D eigenvalue weighted by molar-refractivity contribution is 8.34. The van der Waals surface area contributed by atoms with Crippen LogP contribution in [0.1, 0.15) is 0 Å². The zero-order valence-electron chi connectivity index (χ0n) is 27.8. The first-order valence-corrected chi connectivity index (χ1v) is 18.7. The van der Waals surface area contributed by atoms with Crippen LogP contribution >= 0.6 is 10.0 Å². The van der Waals surface area contributed by atoms with Crippen LogP contribution in [0.15, 0.2) is 220 Å². The lowest BCUT2D eigenvalue weighted by atomic mass is 9.95. The fraction of sp³-hybridized carbons (Fsp3) is 0. The lowest BCUT2D eigenvalue weighted by Crippen LogP contribution is -2.05. The molecule has 0 aliphatic rings. The van der Waals surface area contributed by atoms with Crippen LogP contribution in [0.25, 0.3) is 55.4 Å². The second-order valence-corrected chi connectivity index (χ2v) is 15.5.